The standard InChI is InChI=1S/C47H74N2O3/c1-42(2,3)33-21-30(22-34(39(33)50)43(4,5)6)27-48-19-20-49(28-31-23-35(44(7,8)9)40(51)36(24-31)45(10,11)12)29-32-25-37(46(13,14)15)41(52)38(26-32)47(16,17)18/h21-26,48,50-52H,19-20,27-29H2,1-18H3. The maximum atomic E-state index is 11.5. The molecule has 0 amide bonds. The Balaban J connectivity index is 2.07. The van der Waals surface area contributed by atoms with E-state index in [9.17, 15) is 15.3 Å². The molecule has 0 unspecified atom stereocenters. The monoisotopic (exact) mass is 715 g/mol. The normalized spacial score (nSPS) is 13.7. The summed E-state index contributed by atoms with van der Waals surface area (Å²) in [7, 11) is 0. The van der Waals surface area contributed by atoms with E-state index < -0.39 is 0 Å². The van der Waals surface area contributed by atoms with Crippen LogP contribution in [0, 0.1) is 0 Å². The van der Waals surface area contributed by atoms with Crippen LogP contribution < -0.4 is 5.32 Å². The first-order chi connectivity index (χ1) is 23.3. The third-order valence-electron chi connectivity index (χ3n) is 10.1. The van der Waals surface area contributed by atoms with Gasteiger partial charge < -0.3 is 20.6 Å². The summed E-state index contributed by atoms with van der Waals surface area (Å²) in [5, 5.41) is 37.9. The van der Waals surface area contributed by atoms with Gasteiger partial charge in [0.25, 0.3) is 0 Å². The van der Waals surface area contributed by atoms with Crippen LogP contribution in [-0.2, 0) is 52.1 Å². The highest BCUT2D eigenvalue weighted by Gasteiger charge is 2.30. The molecule has 3 aromatic rings. The Morgan fingerprint density at radius 3 is 0.865 bits per heavy atom. The van der Waals surface area contributed by atoms with E-state index in [1.165, 1.54) is 16.7 Å². The maximum absolute atomic E-state index is 11.5. The van der Waals surface area contributed by atoms with E-state index in [0.29, 0.717) is 36.9 Å². The van der Waals surface area contributed by atoms with Gasteiger partial charge in [0.1, 0.15) is 17.2 Å². The van der Waals surface area contributed by atoms with Gasteiger partial charge in [0, 0.05) is 32.7 Å². The SMILES string of the molecule is CC(C)(C)c1cc(CNCCN(Cc2cc(C(C)(C)C)c(O)c(C(C)(C)C)c2)Cc2cc(C(C)(C)C)c(O)c(C(C)(C)C)c2)cc(C(C)(C)C)c1O. The Morgan fingerprint density at radius 2 is 0.635 bits per heavy atom. The van der Waals surface area contributed by atoms with E-state index in [2.05, 4.69) is 171 Å². The molecule has 0 radical (unpaired) electrons. The lowest BCUT2D eigenvalue weighted by Crippen LogP contribution is -2.32. The second-order valence-electron chi connectivity index (χ2n) is 21.5. The fourth-order valence-corrected chi connectivity index (χ4v) is 7.00. The minimum absolute atomic E-state index is 0.180. The van der Waals surface area contributed by atoms with Gasteiger partial charge in [0.05, 0.1) is 0 Å². The van der Waals surface area contributed by atoms with E-state index >= 15 is 0 Å². The van der Waals surface area contributed by atoms with Crippen LogP contribution in [0.25, 0.3) is 0 Å². The van der Waals surface area contributed by atoms with Crippen molar-refractivity contribution in [3.8, 4) is 17.2 Å². The predicted molar refractivity (Wildman–Crippen MR) is 222 cm³/mol. The molecular weight excluding hydrogens is 641 g/mol. The van der Waals surface area contributed by atoms with Gasteiger partial charge in [-0.1, -0.05) is 161 Å². The molecule has 52 heavy (non-hydrogen) atoms. The number of benzene rings is 3. The molecule has 0 fully saturated rings. The van der Waals surface area contributed by atoms with Crippen LogP contribution in [0.3, 0.4) is 0 Å². The summed E-state index contributed by atoms with van der Waals surface area (Å²) in [4.78, 5) is 2.49. The molecule has 0 bridgehead atoms. The van der Waals surface area contributed by atoms with E-state index in [4.69, 9.17) is 0 Å². The van der Waals surface area contributed by atoms with Crippen LogP contribution in [0.4, 0.5) is 0 Å². The van der Waals surface area contributed by atoms with Gasteiger partial charge in [-0.05, 0) is 82.6 Å². The van der Waals surface area contributed by atoms with Crippen LogP contribution >= 0.6 is 0 Å². The van der Waals surface area contributed by atoms with Crippen LogP contribution in [0.5, 0.6) is 17.2 Å². The number of nitrogens with one attached hydrogen (secondary N) is 1. The average Bonchev–Trinajstić information content (AvgIpc) is 2.93. The number of nitrogens with zero attached hydrogens (tertiary/aromatic N) is 1. The predicted octanol–water partition coefficient (Wildman–Crippen LogP) is 11.4. The van der Waals surface area contributed by atoms with E-state index in [1.54, 1.807) is 0 Å². The lowest BCUT2D eigenvalue weighted by Gasteiger charge is -2.31. The Hall–Kier alpha value is -3.02. The van der Waals surface area contributed by atoms with Crippen LogP contribution in [0.2, 0.25) is 0 Å². The average molecular weight is 715 g/mol. The minimum Gasteiger partial charge on any atom is -0.507 e. The smallest absolute Gasteiger partial charge is 0.123 e. The second kappa shape index (κ2) is 15.0. The molecule has 0 aliphatic rings. The van der Waals surface area contributed by atoms with Crippen molar-refractivity contribution < 1.29 is 15.3 Å². The van der Waals surface area contributed by atoms with Crippen molar-refractivity contribution in [2.45, 2.75) is 177 Å². The number of phenols is 3. The zero-order valence-electron chi connectivity index (χ0n) is 36.3. The molecule has 0 saturated heterocycles. The lowest BCUT2D eigenvalue weighted by atomic mass is 9.78. The summed E-state index contributed by atoms with van der Waals surface area (Å²) in [6.45, 7) is 42.6. The molecule has 290 valence electrons. The molecule has 0 aliphatic carbocycles. The van der Waals surface area contributed by atoms with Crippen LogP contribution in [0.15, 0.2) is 36.4 Å². The van der Waals surface area contributed by atoms with E-state index in [0.717, 1.165) is 46.5 Å². The summed E-state index contributed by atoms with van der Waals surface area (Å²) in [6, 6.07) is 13.1. The number of rotatable bonds is 9. The molecule has 0 aromatic heterocycles. The highest BCUT2D eigenvalue weighted by Crippen LogP contribution is 2.43. The van der Waals surface area contributed by atoms with Crippen molar-refractivity contribution in [2.75, 3.05) is 13.1 Å². The summed E-state index contributed by atoms with van der Waals surface area (Å²) < 4.78 is 0. The molecule has 3 rings (SSSR count). The van der Waals surface area contributed by atoms with Gasteiger partial charge in [-0.2, -0.15) is 0 Å². The van der Waals surface area contributed by atoms with Gasteiger partial charge in [0.2, 0.25) is 0 Å². The Labute approximate surface area is 318 Å². The number of phenolic OH excluding ortho intramolecular Hbond substituents is 3. The largest absolute Gasteiger partial charge is 0.507 e. The lowest BCUT2D eigenvalue weighted by molar-refractivity contribution is 0.255. The van der Waals surface area contributed by atoms with Crippen molar-refractivity contribution in [1.82, 2.24) is 10.2 Å². The highest BCUT2D eigenvalue weighted by molar-refractivity contribution is 5.52. The molecule has 0 aliphatic heterocycles. The third-order valence-corrected chi connectivity index (χ3v) is 10.1. The summed E-state index contributed by atoms with van der Waals surface area (Å²) >= 11 is 0. The first-order valence-electron chi connectivity index (χ1n) is 19.4. The summed E-state index contributed by atoms with van der Waals surface area (Å²) in [5.41, 5.74) is 8.16. The molecule has 5 nitrogen and oxygen atoms in total. The van der Waals surface area contributed by atoms with Crippen molar-refractivity contribution >= 4 is 0 Å². The third kappa shape index (κ3) is 10.8. The van der Waals surface area contributed by atoms with Gasteiger partial charge in [-0.3, -0.25) is 4.90 Å². The maximum Gasteiger partial charge on any atom is 0.123 e. The van der Waals surface area contributed by atoms with Crippen molar-refractivity contribution in [2.24, 2.45) is 0 Å². The number of hydrogen-bond donors (Lipinski definition) is 4. The van der Waals surface area contributed by atoms with E-state index in [1.807, 2.05) is 0 Å². The second-order valence-corrected chi connectivity index (χ2v) is 21.5. The first-order valence-corrected chi connectivity index (χ1v) is 19.4. The summed E-state index contributed by atoms with van der Waals surface area (Å²) in [6.07, 6.45) is 0. The minimum atomic E-state index is -0.214. The van der Waals surface area contributed by atoms with Crippen molar-refractivity contribution in [3.05, 3.63) is 86.5 Å². The first kappa shape index (κ1) is 43.4. The molecule has 0 saturated carbocycles. The van der Waals surface area contributed by atoms with Crippen LogP contribution in [-0.4, -0.2) is 33.3 Å². The number of hydrogen-bond acceptors (Lipinski definition) is 5. The molecule has 4 N–H and O–H groups in total. The fourth-order valence-electron chi connectivity index (χ4n) is 7.00. The van der Waals surface area contributed by atoms with Gasteiger partial charge in [-0.15, -0.1) is 0 Å². The van der Waals surface area contributed by atoms with Gasteiger partial charge in [-0.25, -0.2) is 0 Å². The Bertz CT molecular complexity index is 1520. The molecule has 3 aromatic carbocycles. The summed E-state index contributed by atoms with van der Waals surface area (Å²) in [5.74, 6) is 1.21. The zero-order chi connectivity index (χ0) is 40.0. The van der Waals surface area contributed by atoms with Gasteiger partial charge >= 0.3 is 0 Å². The Kier molecular flexibility index (Phi) is 12.5. The quantitative estimate of drug-likeness (QED) is 0.166. The highest BCUT2D eigenvalue weighted by atomic mass is 16.3. The molecule has 0 spiro atoms. The topological polar surface area (TPSA) is 76.0 Å². The van der Waals surface area contributed by atoms with E-state index in [-0.39, 0.29) is 32.5 Å². The number of aromatic hydroxyl groups is 3. The van der Waals surface area contributed by atoms with Crippen LogP contribution in [0.1, 0.15) is 175 Å². The Morgan fingerprint density at radius 1 is 0.404 bits per heavy atom. The van der Waals surface area contributed by atoms with Crippen molar-refractivity contribution in [3.63, 3.8) is 0 Å². The molecule has 0 heterocycles. The van der Waals surface area contributed by atoms with Gasteiger partial charge in [0.15, 0.2) is 0 Å². The fraction of sp³-hybridized carbons (Fsp3) is 0.617. The zero-order valence-corrected chi connectivity index (χ0v) is 36.3. The molecule has 5 heteroatoms. The molecular formula is C47H74N2O3. The molecule has 0 atom stereocenters. The van der Waals surface area contributed by atoms with Crippen molar-refractivity contribution in [1.29, 1.82) is 0 Å².